The molecule has 0 saturated carbocycles. The number of hydrogen-bond donors (Lipinski definition) is 1. The zero-order valence-corrected chi connectivity index (χ0v) is 20.0. The van der Waals surface area contributed by atoms with Crippen LogP contribution in [-0.4, -0.2) is 42.4 Å². The van der Waals surface area contributed by atoms with E-state index < -0.39 is 0 Å². The third-order valence-electron chi connectivity index (χ3n) is 5.47. The molecular weight excluding hydrogens is 432 g/mol. The average Bonchev–Trinajstić information content (AvgIpc) is 2.87. The molecule has 0 amide bonds. The number of aryl methyl sites for hydroxylation is 1. The summed E-state index contributed by atoms with van der Waals surface area (Å²) in [6.07, 6.45) is 4.43. The lowest BCUT2D eigenvalue weighted by Crippen LogP contribution is -2.01. The maximum absolute atomic E-state index is 8.36. The number of benzene rings is 2. The van der Waals surface area contributed by atoms with Gasteiger partial charge in [0.15, 0.2) is 11.5 Å². The number of aromatic nitrogens is 2. The molecule has 34 heavy (non-hydrogen) atoms. The van der Waals surface area contributed by atoms with E-state index in [1.165, 1.54) is 0 Å². The van der Waals surface area contributed by atoms with Crippen LogP contribution in [0.2, 0.25) is 0 Å². The molecule has 7 heteroatoms. The summed E-state index contributed by atoms with van der Waals surface area (Å²) < 4.78 is 17.0. The minimum Gasteiger partial charge on any atom is -0.493 e. The first-order valence-electron chi connectivity index (χ1n) is 11.2. The second kappa shape index (κ2) is 11.8. The molecule has 0 bridgehead atoms. The number of pyridine rings is 2. The molecule has 4 aromatic rings. The number of hydrogen-bond acceptors (Lipinski definition) is 6. The molecule has 0 unspecified atom stereocenters. The molecule has 0 fully saturated rings. The Hall–Kier alpha value is -3.87. The maximum Gasteiger partial charge on any atom is 0.290 e. The van der Waals surface area contributed by atoms with Crippen LogP contribution in [0.4, 0.5) is 0 Å². The SMILES string of the molecule is CCCOc1cccc2ccc(Cc3cnc(CC)c4cc(OC)c(OC)cc34)nc12.O=CO. The van der Waals surface area contributed by atoms with Crippen molar-refractivity contribution in [3.8, 4) is 17.2 Å². The molecule has 0 aliphatic heterocycles. The van der Waals surface area contributed by atoms with E-state index in [-0.39, 0.29) is 6.47 Å². The van der Waals surface area contributed by atoms with Gasteiger partial charge in [0.2, 0.25) is 0 Å². The molecule has 0 aliphatic carbocycles. The van der Waals surface area contributed by atoms with E-state index in [0.29, 0.717) is 24.5 Å². The first kappa shape index (κ1) is 24.8. The van der Waals surface area contributed by atoms with Gasteiger partial charge in [-0.05, 0) is 48.1 Å². The van der Waals surface area contributed by atoms with Crippen molar-refractivity contribution in [3.05, 3.63) is 65.6 Å². The summed E-state index contributed by atoms with van der Waals surface area (Å²) in [5.74, 6) is 2.26. The van der Waals surface area contributed by atoms with Crippen LogP contribution in [0.1, 0.15) is 37.2 Å². The summed E-state index contributed by atoms with van der Waals surface area (Å²) in [6, 6.07) is 14.3. The number of fused-ring (bicyclic) bond motifs is 2. The molecule has 178 valence electrons. The Labute approximate surface area is 199 Å². The molecule has 0 radical (unpaired) electrons. The lowest BCUT2D eigenvalue weighted by Gasteiger charge is -2.14. The van der Waals surface area contributed by atoms with Gasteiger partial charge >= 0.3 is 0 Å². The average molecular weight is 463 g/mol. The first-order valence-corrected chi connectivity index (χ1v) is 11.2. The van der Waals surface area contributed by atoms with Crippen molar-refractivity contribution >= 4 is 28.1 Å². The quantitative estimate of drug-likeness (QED) is 0.349. The fourth-order valence-electron chi connectivity index (χ4n) is 3.88. The Morgan fingerprint density at radius 3 is 2.32 bits per heavy atom. The van der Waals surface area contributed by atoms with Gasteiger partial charge in [0.25, 0.3) is 6.47 Å². The number of rotatable bonds is 8. The maximum atomic E-state index is 8.36. The third kappa shape index (κ3) is 5.36. The Kier molecular flexibility index (Phi) is 8.62. The lowest BCUT2D eigenvalue weighted by atomic mass is 9.99. The number of carboxylic acid groups (broad SMARTS) is 1. The second-order valence-corrected chi connectivity index (χ2v) is 7.60. The topological polar surface area (TPSA) is 90.8 Å². The van der Waals surface area contributed by atoms with Crippen LogP contribution in [0, 0.1) is 0 Å². The van der Waals surface area contributed by atoms with E-state index >= 15 is 0 Å². The number of methoxy groups -OCH3 is 2. The normalized spacial score (nSPS) is 10.5. The van der Waals surface area contributed by atoms with Crippen molar-refractivity contribution in [2.24, 2.45) is 0 Å². The van der Waals surface area contributed by atoms with Crippen LogP contribution in [0.5, 0.6) is 17.2 Å². The minimum atomic E-state index is -0.250. The van der Waals surface area contributed by atoms with Crippen molar-refractivity contribution in [1.29, 1.82) is 0 Å². The van der Waals surface area contributed by atoms with Crippen LogP contribution in [0.3, 0.4) is 0 Å². The molecule has 0 saturated heterocycles. The molecule has 2 heterocycles. The molecular formula is C27H30N2O5. The van der Waals surface area contributed by atoms with Crippen molar-refractivity contribution in [2.75, 3.05) is 20.8 Å². The summed E-state index contributed by atoms with van der Waals surface area (Å²) in [6.45, 7) is 4.64. The van der Waals surface area contributed by atoms with Crippen LogP contribution < -0.4 is 14.2 Å². The number of ether oxygens (including phenoxy) is 3. The summed E-state index contributed by atoms with van der Waals surface area (Å²) in [5, 5.41) is 10.2. The van der Waals surface area contributed by atoms with E-state index in [2.05, 4.69) is 32.0 Å². The number of carbonyl (C=O) groups is 1. The number of para-hydroxylation sites is 1. The van der Waals surface area contributed by atoms with Gasteiger partial charge in [0.05, 0.1) is 20.8 Å². The molecule has 7 nitrogen and oxygen atoms in total. The van der Waals surface area contributed by atoms with Gasteiger partial charge in [-0.3, -0.25) is 9.78 Å². The van der Waals surface area contributed by atoms with Crippen molar-refractivity contribution < 1.29 is 24.1 Å². The van der Waals surface area contributed by atoms with Gasteiger partial charge < -0.3 is 19.3 Å². The van der Waals surface area contributed by atoms with Gasteiger partial charge in [-0.25, -0.2) is 4.98 Å². The highest BCUT2D eigenvalue weighted by Gasteiger charge is 2.14. The van der Waals surface area contributed by atoms with Gasteiger partial charge in [0.1, 0.15) is 11.3 Å². The summed E-state index contributed by atoms with van der Waals surface area (Å²) in [5.41, 5.74) is 4.02. The fraction of sp³-hybridized carbons (Fsp3) is 0.296. The Balaban J connectivity index is 0.00000103. The predicted molar refractivity (Wildman–Crippen MR) is 133 cm³/mol. The Morgan fingerprint density at radius 2 is 1.68 bits per heavy atom. The summed E-state index contributed by atoms with van der Waals surface area (Å²) >= 11 is 0. The Bertz CT molecular complexity index is 1270. The third-order valence-corrected chi connectivity index (χ3v) is 5.47. The zero-order valence-electron chi connectivity index (χ0n) is 20.0. The summed E-state index contributed by atoms with van der Waals surface area (Å²) in [7, 11) is 3.32. The molecule has 0 spiro atoms. The van der Waals surface area contributed by atoms with E-state index in [9.17, 15) is 0 Å². The molecule has 2 aromatic carbocycles. The predicted octanol–water partition coefficient (Wildman–Crippen LogP) is 5.44. The molecule has 4 rings (SSSR count). The Morgan fingerprint density at radius 1 is 0.971 bits per heavy atom. The van der Waals surface area contributed by atoms with E-state index in [1.807, 2.05) is 30.5 Å². The number of nitrogens with zero attached hydrogens (tertiary/aromatic N) is 2. The fourth-order valence-corrected chi connectivity index (χ4v) is 3.88. The minimum absolute atomic E-state index is 0.250. The summed E-state index contributed by atoms with van der Waals surface area (Å²) in [4.78, 5) is 18.0. The monoisotopic (exact) mass is 462 g/mol. The molecule has 0 aliphatic rings. The standard InChI is InChI=1S/C26H28N2O3.CH2O2/c1-5-12-31-23-9-7-8-17-10-11-19(28-26(17)23)13-18-16-27-22(6-2)21-15-25(30-4)24(29-3)14-20(18)21;2-1-3/h7-11,14-16H,5-6,12-13H2,1-4H3;1H,(H,2,3). The van der Waals surface area contributed by atoms with Crippen LogP contribution in [0.25, 0.3) is 21.7 Å². The first-order chi connectivity index (χ1) is 16.6. The second-order valence-electron chi connectivity index (χ2n) is 7.60. The van der Waals surface area contributed by atoms with E-state index in [0.717, 1.165) is 57.2 Å². The van der Waals surface area contributed by atoms with Gasteiger partial charge in [-0.2, -0.15) is 0 Å². The van der Waals surface area contributed by atoms with E-state index in [4.69, 9.17) is 34.1 Å². The van der Waals surface area contributed by atoms with Gasteiger partial charge in [0, 0.05) is 34.8 Å². The highest BCUT2D eigenvalue weighted by molar-refractivity contribution is 5.91. The van der Waals surface area contributed by atoms with Gasteiger partial charge in [-0.15, -0.1) is 0 Å². The highest BCUT2D eigenvalue weighted by atomic mass is 16.5. The van der Waals surface area contributed by atoms with Crippen LogP contribution in [-0.2, 0) is 17.6 Å². The largest absolute Gasteiger partial charge is 0.493 e. The van der Waals surface area contributed by atoms with Crippen molar-refractivity contribution in [1.82, 2.24) is 9.97 Å². The molecule has 1 N–H and O–H groups in total. The zero-order chi connectivity index (χ0) is 24.5. The van der Waals surface area contributed by atoms with Crippen molar-refractivity contribution in [2.45, 2.75) is 33.1 Å². The lowest BCUT2D eigenvalue weighted by molar-refractivity contribution is -0.122. The van der Waals surface area contributed by atoms with Crippen LogP contribution >= 0.6 is 0 Å². The highest BCUT2D eigenvalue weighted by Crippen LogP contribution is 2.35. The molecule has 0 atom stereocenters. The van der Waals surface area contributed by atoms with Gasteiger partial charge in [-0.1, -0.05) is 32.0 Å². The van der Waals surface area contributed by atoms with Crippen molar-refractivity contribution in [3.63, 3.8) is 0 Å². The smallest absolute Gasteiger partial charge is 0.290 e. The van der Waals surface area contributed by atoms with E-state index in [1.54, 1.807) is 14.2 Å². The molecule has 2 aromatic heterocycles. The van der Waals surface area contributed by atoms with Crippen LogP contribution in [0.15, 0.2) is 48.7 Å².